The number of aliphatic hydroxyl groups excluding tert-OH is 1. The highest BCUT2D eigenvalue weighted by molar-refractivity contribution is 7.79. The van der Waals surface area contributed by atoms with Gasteiger partial charge in [0.15, 0.2) is 0 Å². The zero-order valence-corrected chi connectivity index (χ0v) is 5.63. The Bertz CT molecular complexity index is 123. The molecule has 1 unspecified atom stereocenters. The van der Waals surface area contributed by atoms with Crippen molar-refractivity contribution in [2.45, 2.75) is 6.10 Å². The third-order valence-electron chi connectivity index (χ3n) is 1.23. The zero-order chi connectivity index (χ0) is 6.85. The first kappa shape index (κ1) is 7.14. The average molecular weight is 150 g/mol. The first-order chi connectivity index (χ1) is 4.18. The Kier molecular flexibility index (Phi) is 2.18. The number of rotatable bonds is 2. The number of likely N-dealkylation sites (tertiary alicyclic amines) is 1. The summed E-state index contributed by atoms with van der Waals surface area (Å²) in [7, 11) is 0. The smallest absolute Gasteiger partial charge is 0.0794 e. The molecule has 1 atom stereocenters. The summed E-state index contributed by atoms with van der Waals surface area (Å²) in [6, 6.07) is 0. The fourth-order valence-electron chi connectivity index (χ4n) is 0.797. The molecule has 1 fully saturated rings. The minimum Gasteiger partial charge on any atom is -0.771 e. The maximum Gasteiger partial charge on any atom is 0.0794 e. The first-order valence-corrected chi connectivity index (χ1v) is 3.89. The summed E-state index contributed by atoms with van der Waals surface area (Å²) in [5.74, 6) is 0.0526. The Balaban J connectivity index is 2.11. The monoisotopic (exact) mass is 150 g/mol. The lowest BCUT2D eigenvalue weighted by molar-refractivity contribution is 0.0139. The van der Waals surface area contributed by atoms with Crippen LogP contribution in [0, 0.1) is 0 Å². The number of hydrogen-bond acceptors (Lipinski definition) is 4. The predicted molar refractivity (Wildman–Crippen MR) is 31.4 cm³/mol. The molecular formula is C4H8NO3S-. The van der Waals surface area contributed by atoms with Gasteiger partial charge >= 0.3 is 0 Å². The molecule has 1 rings (SSSR count). The van der Waals surface area contributed by atoms with Crippen LogP contribution in [0.15, 0.2) is 0 Å². The molecule has 0 aromatic rings. The standard InChI is InChI=1S/C4H9NO3S/c6-4-1-5(2-4)3-9(7)8/h4,6H,1-3H2,(H,7,8)/p-1. The van der Waals surface area contributed by atoms with Crippen molar-refractivity contribution in [1.82, 2.24) is 4.90 Å². The van der Waals surface area contributed by atoms with Gasteiger partial charge in [0.25, 0.3) is 0 Å². The van der Waals surface area contributed by atoms with Crippen LogP contribution in [0.5, 0.6) is 0 Å². The quantitative estimate of drug-likeness (QED) is 0.486. The van der Waals surface area contributed by atoms with Crippen LogP contribution in [-0.2, 0) is 11.1 Å². The largest absolute Gasteiger partial charge is 0.771 e. The zero-order valence-electron chi connectivity index (χ0n) is 4.82. The van der Waals surface area contributed by atoms with Crippen molar-refractivity contribution in [3.63, 3.8) is 0 Å². The van der Waals surface area contributed by atoms with Crippen LogP contribution in [-0.4, -0.2) is 43.8 Å². The number of hydrogen-bond donors (Lipinski definition) is 1. The predicted octanol–water partition coefficient (Wildman–Crippen LogP) is -1.50. The van der Waals surface area contributed by atoms with Crippen LogP contribution in [0.4, 0.5) is 0 Å². The van der Waals surface area contributed by atoms with Gasteiger partial charge in [0, 0.05) is 13.1 Å². The Morgan fingerprint density at radius 3 is 2.67 bits per heavy atom. The van der Waals surface area contributed by atoms with Gasteiger partial charge in [0.2, 0.25) is 0 Å². The Hall–Kier alpha value is 0.0300. The summed E-state index contributed by atoms with van der Waals surface area (Å²) in [6.45, 7) is 0.988. The van der Waals surface area contributed by atoms with Gasteiger partial charge in [-0.1, -0.05) is 0 Å². The van der Waals surface area contributed by atoms with Crippen LogP contribution in [0.3, 0.4) is 0 Å². The molecule has 0 spiro atoms. The SMILES string of the molecule is O=S([O-])CN1CC(O)C1. The van der Waals surface area contributed by atoms with Crippen molar-refractivity contribution in [2.24, 2.45) is 0 Å². The summed E-state index contributed by atoms with van der Waals surface area (Å²) >= 11 is -1.99. The van der Waals surface area contributed by atoms with E-state index in [4.69, 9.17) is 5.11 Å². The highest BCUT2D eigenvalue weighted by Gasteiger charge is 2.23. The lowest BCUT2D eigenvalue weighted by Crippen LogP contribution is -2.51. The van der Waals surface area contributed by atoms with Gasteiger partial charge in [-0.25, -0.2) is 0 Å². The molecule has 0 aliphatic carbocycles. The van der Waals surface area contributed by atoms with E-state index in [0.717, 1.165) is 0 Å². The molecule has 9 heavy (non-hydrogen) atoms. The van der Waals surface area contributed by atoms with E-state index in [-0.39, 0.29) is 12.0 Å². The molecule has 1 heterocycles. The second-order valence-corrected chi connectivity index (χ2v) is 2.99. The molecule has 4 nitrogen and oxygen atoms in total. The normalized spacial score (nSPS) is 25.6. The van der Waals surface area contributed by atoms with E-state index in [1.54, 1.807) is 4.90 Å². The van der Waals surface area contributed by atoms with Gasteiger partial charge in [-0.15, -0.1) is 0 Å². The van der Waals surface area contributed by atoms with Gasteiger partial charge in [-0.2, -0.15) is 0 Å². The third-order valence-corrected chi connectivity index (χ3v) is 1.80. The minimum atomic E-state index is -1.99. The highest BCUT2D eigenvalue weighted by atomic mass is 32.2. The number of β-amino-alcohol motifs (C(OH)–C–C–N with tert-alkyl or cyclic N) is 1. The van der Waals surface area contributed by atoms with E-state index >= 15 is 0 Å². The highest BCUT2D eigenvalue weighted by Crippen LogP contribution is 2.05. The summed E-state index contributed by atoms with van der Waals surface area (Å²) in [4.78, 5) is 1.66. The number of aliphatic hydroxyl groups is 1. The molecule has 0 bridgehead atoms. The molecule has 1 aliphatic heterocycles. The van der Waals surface area contributed by atoms with Crippen molar-refractivity contribution < 1.29 is 13.9 Å². The molecule has 1 saturated heterocycles. The van der Waals surface area contributed by atoms with Gasteiger partial charge in [0.05, 0.1) is 12.0 Å². The summed E-state index contributed by atoms with van der Waals surface area (Å²) in [5.41, 5.74) is 0. The van der Waals surface area contributed by atoms with Crippen molar-refractivity contribution in [3.05, 3.63) is 0 Å². The van der Waals surface area contributed by atoms with Crippen molar-refractivity contribution in [1.29, 1.82) is 0 Å². The van der Waals surface area contributed by atoms with Gasteiger partial charge < -0.3 is 9.66 Å². The second-order valence-electron chi connectivity index (χ2n) is 2.12. The number of nitrogens with zero attached hydrogens (tertiary/aromatic N) is 1. The minimum absolute atomic E-state index is 0.0526. The van der Waals surface area contributed by atoms with E-state index < -0.39 is 11.1 Å². The maximum absolute atomic E-state index is 9.99. The fourth-order valence-corrected chi connectivity index (χ4v) is 1.31. The van der Waals surface area contributed by atoms with Gasteiger partial charge in [-0.3, -0.25) is 9.11 Å². The van der Waals surface area contributed by atoms with E-state index in [1.165, 1.54) is 0 Å². The van der Waals surface area contributed by atoms with Crippen LogP contribution in [0.25, 0.3) is 0 Å². The van der Waals surface area contributed by atoms with Gasteiger partial charge in [-0.05, 0) is 11.1 Å². The van der Waals surface area contributed by atoms with Crippen molar-refractivity contribution >= 4 is 11.1 Å². The van der Waals surface area contributed by atoms with Gasteiger partial charge in [0.1, 0.15) is 0 Å². The molecule has 0 aromatic carbocycles. The second kappa shape index (κ2) is 2.74. The molecule has 1 N–H and O–H groups in total. The molecule has 0 saturated carbocycles. The average Bonchev–Trinajstić information content (AvgIpc) is 1.60. The van der Waals surface area contributed by atoms with E-state index in [1.807, 2.05) is 0 Å². The Labute approximate surface area is 55.8 Å². The molecule has 0 amide bonds. The molecule has 0 aromatic heterocycles. The lowest BCUT2D eigenvalue weighted by atomic mass is 10.2. The topological polar surface area (TPSA) is 63.6 Å². The molecular weight excluding hydrogens is 142 g/mol. The van der Waals surface area contributed by atoms with E-state index in [9.17, 15) is 8.76 Å². The molecule has 0 radical (unpaired) electrons. The van der Waals surface area contributed by atoms with E-state index in [2.05, 4.69) is 0 Å². The van der Waals surface area contributed by atoms with E-state index in [0.29, 0.717) is 13.1 Å². The van der Waals surface area contributed by atoms with Crippen molar-refractivity contribution in [3.8, 4) is 0 Å². The summed E-state index contributed by atoms with van der Waals surface area (Å²) < 4.78 is 20.0. The molecule has 5 heteroatoms. The summed E-state index contributed by atoms with van der Waals surface area (Å²) in [5, 5.41) is 8.69. The first-order valence-electron chi connectivity index (χ1n) is 2.65. The third kappa shape index (κ3) is 2.02. The summed E-state index contributed by atoms with van der Waals surface area (Å²) in [6.07, 6.45) is -0.312. The fraction of sp³-hybridized carbons (Fsp3) is 1.00. The maximum atomic E-state index is 9.99. The Morgan fingerprint density at radius 1 is 1.78 bits per heavy atom. The van der Waals surface area contributed by atoms with Crippen LogP contribution >= 0.6 is 0 Å². The van der Waals surface area contributed by atoms with Crippen LogP contribution in [0.2, 0.25) is 0 Å². The Morgan fingerprint density at radius 2 is 2.33 bits per heavy atom. The van der Waals surface area contributed by atoms with Crippen LogP contribution < -0.4 is 0 Å². The molecule has 1 aliphatic rings. The van der Waals surface area contributed by atoms with Crippen molar-refractivity contribution in [2.75, 3.05) is 19.0 Å². The van der Waals surface area contributed by atoms with Crippen LogP contribution in [0.1, 0.15) is 0 Å². The molecule has 54 valence electrons. The lowest BCUT2D eigenvalue weighted by Gasteiger charge is -2.35.